The second kappa shape index (κ2) is 12.4. The van der Waals surface area contributed by atoms with Crippen LogP contribution in [0.25, 0.3) is 44.1 Å². The Kier molecular flexibility index (Phi) is 9.23. The van der Waals surface area contributed by atoms with Crippen LogP contribution in [0.3, 0.4) is 0 Å². The molecule has 191 valence electrons. The zero-order valence-electron chi connectivity index (χ0n) is 21.4. The maximum absolute atomic E-state index is 4.58. The summed E-state index contributed by atoms with van der Waals surface area (Å²) in [5, 5.41) is 6.19. The van der Waals surface area contributed by atoms with Crippen LogP contribution in [0.1, 0.15) is 0 Å². The fourth-order valence-electron chi connectivity index (χ4n) is 4.25. The Morgan fingerprint density at radius 1 is 0.632 bits per heavy atom. The van der Waals surface area contributed by atoms with Gasteiger partial charge in [0, 0.05) is 45.1 Å². The van der Waals surface area contributed by atoms with Crippen LogP contribution in [0.15, 0.2) is 114 Å². The molecule has 38 heavy (non-hydrogen) atoms. The molecule has 0 aliphatic rings. The van der Waals surface area contributed by atoms with E-state index in [2.05, 4.69) is 113 Å². The SMILES string of the molecule is Brc1cc[c-]c(-c2nccc3ccccc23)c1.C[P+](C)(C)c1cc[c-]c(-c2nccc3ccccc23)c1.[Ir]. The summed E-state index contributed by atoms with van der Waals surface area (Å²) in [4.78, 5) is 9.05. The molecule has 1 radical (unpaired) electrons. The topological polar surface area (TPSA) is 25.8 Å². The van der Waals surface area contributed by atoms with Gasteiger partial charge in [-0.05, 0) is 45.1 Å². The Morgan fingerprint density at radius 3 is 1.66 bits per heavy atom. The summed E-state index contributed by atoms with van der Waals surface area (Å²) in [5.74, 6) is 0. The van der Waals surface area contributed by atoms with Gasteiger partial charge in [0.25, 0.3) is 0 Å². The molecule has 0 atom stereocenters. The molecule has 6 aromatic rings. The molecule has 5 heteroatoms. The maximum Gasteiger partial charge on any atom is 0.0515 e. The largest absolute Gasteiger partial charge is 0.304 e. The van der Waals surface area contributed by atoms with Crippen molar-refractivity contribution in [3.63, 3.8) is 0 Å². The van der Waals surface area contributed by atoms with Crippen molar-refractivity contribution in [3.05, 3.63) is 126 Å². The molecule has 0 saturated heterocycles. The number of hydrogen-bond acceptors (Lipinski definition) is 2. The molecule has 0 N–H and O–H groups in total. The van der Waals surface area contributed by atoms with E-state index in [9.17, 15) is 0 Å². The first-order valence-corrected chi connectivity index (χ1v) is 16.0. The van der Waals surface area contributed by atoms with Crippen molar-refractivity contribution >= 4 is 50.0 Å². The van der Waals surface area contributed by atoms with Crippen LogP contribution in [-0.2, 0) is 20.1 Å². The minimum atomic E-state index is -1.02. The number of nitrogens with zero attached hydrogens (tertiary/aromatic N) is 2. The van der Waals surface area contributed by atoms with Gasteiger partial charge in [-0.3, -0.25) is 0 Å². The molecule has 0 saturated carbocycles. The molecule has 2 heterocycles. The van der Waals surface area contributed by atoms with Gasteiger partial charge in [-0.2, -0.15) is 0 Å². The molecular formula is C33H27BrIrN2P-. The molecule has 0 spiro atoms. The maximum atomic E-state index is 4.58. The van der Waals surface area contributed by atoms with Gasteiger partial charge in [0.05, 0.1) is 20.0 Å². The van der Waals surface area contributed by atoms with E-state index < -0.39 is 7.26 Å². The van der Waals surface area contributed by atoms with Gasteiger partial charge < -0.3 is 9.97 Å². The second-order valence-corrected chi connectivity index (χ2v) is 15.1. The van der Waals surface area contributed by atoms with Crippen molar-refractivity contribution in [2.24, 2.45) is 0 Å². The third-order valence-electron chi connectivity index (χ3n) is 6.18. The van der Waals surface area contributed by atoms with E-state index in [-0.39, 0.29) is 20.1 Å². The first-order valence-electron chi connectivity index (χ1n) is 12.1. The number of benzene rings is 4. The van der Waals surface area contributed by atoms with E-state index in [4.69, 9.17) is 0 Å². The van der Waals surface area contributed by atoms with Crippen molar-refractivity contribution < 1.29 is 20.1 Å². The molecule has 0 amide bonds. The average molecular weight is 755 g/mol. The Balaban J connectivity index is 0.000000174. The molecule has 4 aromatic carbocycles. The van der Waals surface area contributed by atoms with E-state index in [1.54, 1.807) is 0 Å². The Hall–Kier alpha value is -2.74. The number of aromatic nitrogens is 2. The molecule has 2 nitrogen and oxygen atoms in total. The van der Waals surface area contributed by atoms with Gasteiger partial charge >= 0.3 is 0 Å². The van der Waals surface area contributed by atoms with Crippen LogP contribution in [0.5, 0.6) is 0 Å². The van der Waals surface area contributed by atoms with Gasteiger partial charge in [0.2, 0.25) is 0 Å². The minimum Gasteiger partial charge on any atom is -0.304 e. The predicted octanol–water partition coefficient (Wildman–Crippen LogP) is 8.70. The Bertz CT molecular complexity index is 1680. The molecule has 6 rings (SSSR count). The summed E-state index contributed by atoms with van der Waals surface area (Å²) in [6, 6.07) is 39.7. The van der Waals surface area contributed by atoms with Gasteiger partial charge in [-0.15, -0.1) is 59.7 Å². The van der Waals surface area contributed by atoms with Gasteiger partial charge in [-0.25, -0.2) is 0 Å². The smallest absolute Gasteiger partial charge is 0.0515 e. The van der Waals surface area contributed by atoms with Crippen molar-refractivity contribution in [2.75, 3.05) is 20.0 Å². The molecule has 0 unspecified atom stereocenters. The summed E-state index contributed by atoms with van der Waals surface area (Å²) in [7, 11) is -1.02. The monoisotopic (exact) mass is 754 g/mol. The molecule has 0 fully saturated rings. The van der Waals surface area contributed by atoms with Gasteiger partial charge in [0.15, 0.2) is 0 Å². The molecule has 2 aromatic heterocycles. The summed E-state index contributed by atoms with van der Waals surface area (Å²) in [6.45, 7) is 7.01. The van der Waals surface area contributed by atoms with Crippen LogP contribution >= 0.6 is 23.2 Å². The average Bonchev–Trinajstić information content (AvgIpc) is 2.92. The van der Waals surface area contributed by atoms with Crippen LogP contribution in [0, 0.1) is 12.1 Å². The van der Waals surface area contributed by atoms with Gasteiger partial charge in [-0.1, -0.05) is 68.9 Å². The second-order valence-electron chi connectivity index (χ2n) is 9.65. The zero-order valence-corrected chi connectivity index (χ0v) is 26.3. The van der Waals surface area contributed by atoms with Crippen molar-refractivity contribution in [3.8, 4) is 22.5 Å². The quantitative estimate of drug-likeness (QED) is 0.134. The van der Waals surface area contributed by atoms with Crippen LogP contribution in [-0.4, -0.2) is 30.0 Å². The van der Waals surface area contributed by atoms with Crippen molar-refractivity contribution in [1.29, 1.82) is 0 Å². The Morgan fingerprint density at radius 2 is 1.13 bits per heavy atom. The number of fused-ring (bicyclic) bond motifs is 2. The van der Waals surface area contributed by atoms with Crippen LogP contribution in [0.4, 0.5) is 0 Å². The normalized spacial score (nSPS) is 10.9. The molecule has 0 aliphatic carbocycles. The van der Waals surface area contributed by atoms with Crippen molar-refractivity contribution in [1.82, 2.24) is 9.97 Å². The Labute approximate surface area is 247 Å². The summed E-state index contributed by atoms with van der Waals surface area (Å²) >= 11 is 3.48. The van der Waals surface area contributed by atoms with Crippen molar-refractivity contribution in [2.45, 2.75) is 0 Å². The molecule has 0 bridgehead atoms. The summed E-state index contributed by atoms with van der Waals surface area (Å²) < 4.78 is 1.04. The van der Waals surface area contributed by atoms with Crippen LogP contribution in [0.2, 0.25) is 0 Å². The first kappa shape index (κ1) is 28.3. The third-order valence-corrected chi connectivity index (χ3v) is 8.50. The van der Waals surface area contributed by atoms with E-state index in [1.807, 2.05) is 54.9 Å². The summed E-state index contributed by atoms with van der Waals surface area (Å²) in [6.07, 6.45) is 3.72. The van der Waals surface area contributed by atoms with Crippen LogP contribution < -0.4 is 5.30 Å². The number of pyridine rings is 2. The zero-order chi connectivity index (χ0) is 25.8. The number of halogens is 1. The third kappa shape index (κ3) is 6.45. The predicted molar refractivity (Wildman–Crippen MR) is 164 cm³/mol. The standard InChI is InChI=1S/C18H18NP.C15H9BrN.Ir/c1-20(2,3)16-9-6-8-15(13-16)18-17-10-5-4-7-14(17)11-12-19-18;16-13-6-3-5-12(10-13)15-14-7-2-1-4-11(14)8-9-17-15;/h4-7,9-13H,1-3H3;1-4,6-10H;/q;-1;. The minimum absolute atomic E-state index is 0. The fraction of sp³-hybridized carbons (Fsp3) is 0.0909. The van der Waals surface area contributed by atoms with E-state index in [0.29, 0.717) is 0 Å². The van der Waals surface area contributed by atoms with Gasteiger partial charge in [0.1, 0.15) is 0 Å². The fourth-order valence-corrected chi connectivity index (χ4v) is 5.65. The number of hydrogen-bond donors (Lipinski definition) is 0. The summed E-state index contributed by atoms with van der Waals surface area (Å²) in [5.41, 5.74) is 4.10. The van der Waals surface area contributed by atoms with E-state index >= 15 is 0 Å². The molecule has 0 aliphatic heterocycles. The first-order chi connectivity index (χ1) is 17.9. The van der Waals surface area contributed by atoms with E-state index in [0.717, 1.165) is 32.4 Å². The molecular weight excluding hydrogens is 727 g/mol. The number of rotatable bonds is 3. The van der Waals surface area contributed by atoms with E-state index in [1.165, 1.54) is 21.5 Å².